The van der Waals surface area contributed by atoms with E-state index >= 15 is 0 Å². The van der Waals surface area contributed by atoms with Crippen LogP contribution in [-0.4, -0.2) is 10.9 Å². The van der Waals surface area contributed by atoms with Gasteiger partial charge < -0.3 is 10.2 Å². The van der Waals surface area contributed by atoms with Crippen molar-refractivity contribution in [3.05, 3.63) is 52.9 Å². The molecule has 4 heteroatoms. The first-order valence-electron chi connectivity index (χ1n) is 6.53. The molecule has 0 spiro atoms. The van der Waals surface area contributed by atoms with Crippen molar-refractivity contribution in [1.82, 2.24) is 4.90 Å². The second-order valence-corrected chi connectivity index (χ2v) is 5.50. The molecule has 0 atom stereocenters. The van der Waals surface area contributed by atoms with Gasteiger partial charge in [0, 0.05) is 23.3 Å². The molecule has 2 aromatic rings. The van der Waals surface area contributed by atoms with Gasteiger partial charge in [0.1, 0.15) is 5.76 Å². The Morgan fingerprint density at radius 2 is 2.11 bits per heavy atom. The molecule has 1 saturated carbocycles. The van der Waals surface area contributed by atoms with E-state index in [9.17, 15) is 0 Å². The molecule has 19 heavy (non-hydrogen) atoms. The summed E-state index contributed by atoms with van der Waals surface area (Å²) >= 11 is 5.93. The Hall–Kier alpha value is -1.45. The van der Waals surface area contributed by atoms with Crippen LogP contribution in [0.4, 0.5) is 5.69 Å². The Balaban J connectivity index is 1.74. The van der Waals surface area contributed by atoms with E-state index in [1.54, 1.807) is 6.26 Å². The van der Waals surface area contributed by atoms with E-state index in [2.05, 4.69) is 4.90 Å². The van der Waals surface area contributed by atoms with Gasteiger partial charge in [0.05, 0.1) is 12.8 Å². The molecular weight excluding hydrogens is 260 g/mol. The minimum Gasteiger partial charge on any atom is -0.468 e. The number of halogens is 1. The number of nitrogens with zero attached hydrogens (tertiary/aromatic N) is 1. The topological polar surface area (TPSA) is 42.4 Å². The van der Waals surface area contributed by atoms with Crippen LogP contribution in [0.25, 0.3) is 0 Å². The van der Waals surface area contributed by atoms with Crippen LogP contribution in [0.15, 0.2) is 41.0 Å². The highest BCUT2D eigenvalue weighted by atomic mass is 35.5. The van der Waals surface area contributed by atoms with Crippen LogP contribution in [-0.2, 0) is 13.1 Å². The number of rotatable bonds is 5. The van der Waals surface area contributed by atoms with Gasteiger partial charge in [0.15, 0.2) is 0 Å². The van der Waals surface area contributed by atoms with Gasteiger partial charge in [0.2, 0.25) is 0 Å². The van der Waals surface area contributed by atoms with E-state index in [4.69, 9.17) is 21.8 Å². The number of nitrogen functional groups attached to an aromatic ring is 1. The maximum absolute atomic E-state index is 6.03. The Labute approximate surface area is 118 Å². The lowest BCUT2D eigenvalue weighted by molar-refractivity contribution is 0.225. The van der Waals surface area contributed by atoms with Crippen LogP contribution >= 0.6 is 11.6 Å². The summed E-state index contributed by atoms with van der Waals surface area (Å²) < 4.78 is 5.43. The van der Waals surface area contributed by atoms with Crippen molar-refractivity contribution in [2.75, 3.05) is 5.73 Å². The van der Waals surface area contributed by atoms with Gasteiger partial charge in [-0.3, -0.25) is 4.90 Å². The summed E-state index contributed by atoms with van der Waals surface area (Å²) in [4.78, 5) is 2.42. The molecule has 0 bridgehead atoms. The van der Waals surface area contributed by atoms with Gasteiger partial charge in [-0.2, -0.15) is 0 Å². The quantitative estimate of drug-likeness (QED) is 0.847. The van der Waals surface area contributed by atoms with Crippen LogP contribution in [0.3, 0.4) is 0 Å². The van der Waals surface area contributed by atoms with Crippen molar-refractivity contribution in [3.8, 4) is 0 Å². The summed E-state index contributed by atoms with van der Waals surface area (Å²) in [6.45, 7) is 1.67. The highest BCUT2D eigenvalue weighted by Crippen LogP contribution is 2.31. The van der Waals surface area contributed by atoms with Crippen molar-refractivity contribution in [2.45, 2.75) is 32.0 Å². The zero-order chi connectivity index (χ0) is 13.2. The number of furan rings is 1. The Bertz CT molecular complexity index is 549. The van der Waals surface area contributed by atoms with E-state index in [0.29, 0.717) is 11.1 Å². The van der Waals surface area contributed by atoms with Gasteiger partial charge in [0.25, 0.3) is 0 Å². The minimum atomic E-state index is 0.653. The molecule has 1 aromatic heterocycles. The number of benzene rings is 1. The smallest absolute Gasteiger partial charge is 0.117 e. The van der Waals surface area contributed by atoms with Crippen molar-refractivity contribution < 1.29 is 4.42 Å². The largest absolute Gasteiger partial charge is 0.468 e. The highest BCUT2D eigenvalue weighted by Gasteiger charge is 2.29. The highest BCUT2D eigenvalue weighted by molar-refractivity contribution is 6.30. The summed E-state index contributed by atoms with van der Waals surface area (Å²) in [7, 11) is 0. The van der Waals surface area contributed by atoms with Gasteiger partial charge in [-0.15, -0.1) is 0 Å². The van der Waals surface area contributed by atoms with Gasteiger partial charge in [-0.1, -0.05) is 17.7 Å². The molecule has 0 radical (unpaired) electrons. The van der Waals surface area contributed by atoms with E-state index in [-0.39, 0.29) is 0 Å². The zero-order valence-electron chi connectivity index (χ0n) is 10.7. The molecule has 1 aromatic carbocycles. The lowest BCUT2D eigenvalue weighted by Gasteiger charge is -2.21. The molecule has 3 rings (SSSR count). The fourth-order valence-corrected chi connectivity index (χ4v) is 2.47. The van der Waals surface area contributed by atoms with Crippen molar-refractivity contribution in [2.24, 2.45) is 0 Å². The summed E-state index contributed by atoms with van der Waals surface area (Å²) in [5.41, 5.74) is 7.92. The molecule has 0 saturated heterocycles. The molecule has 0 unspecified atom stereocenters. The van der Waals surface area contributed by atoms with E-state index in [1.165, 1.54) is 12.8 Å². The van der Waals surface area contributed by atoms with Crippen LogP contribution in [0, 0.1) is 0 Å². The number of hydrogen-bond acceptors (Lipinski definition) is 3. The summed E-state index contributed by atoms with van der Waals surface area (Å²) in [6, 6.07) is 10.3. The van der Waals surface area contributed by atoms with Gasteiger partial charge in [-0.25, -0.2) is 0 Å². The van der Waals surface area contributed by atoms with Gasteiger partial charge >= 0.3 is 0 Å². The Morgan fingerprint density at radius 1 is 1.26 bits per heavy atom. The SMILES string of the molecule is Nc1cc(Cl)ccc1CN(Cc1ccco1)C1CC1. The van der Waals surface area contributed by atoms with Crippen molar-refractivity contribution >= 4 is 17.3 Å². The van der Waals surface area contributed by atoms with Crippen LogP contribution in [0.1, 0.15) is 24.2 Å². The molecule has 0 amide bonds. The first kappa shape index (κ1) is 12.6. The maximum Gasteiger partial charge on any atom is 0.117 e. The molecule has 1 aliphatic rings. The van der Waals surface area contributed by atoms with E-state index in [1.807, 2.05) is 30.3 Å². The monoisotopic (exact) mass is 276 g/mol. The molecule has 1 heterocycles. The first-order chi connectivity index (χ1) is 9.22. The third-order valence-electron chi connectivity index (χ3n) is 3.48. The minimum absolute atomic E-state index is 0.653. The summed E-state index contributed by atoms with van der Waals surface area (Å²) in [5.74, 6) is 0.999. The number of nitrogens with two attached hydrogens (primary N) is 1. The van der Waals surface area contributed by atoms with Crippen LogP contribution < -0.4 is 5.73 Å². The summed E-state index contributed by atoms with van der Waals surface area (Å²) in [5, 5.41) is 0.685. The fourth-order valence-electron chi connectivity index (χ4n) is 2.29. The number of hydrogen-bond donors (Lipinski definition) is 1. The molecule has 100 valence electrons. The molecule has 2 N–H and O–H groups in total. The molecule has 1 fully saturated rings. The van der Waals surface area contributed by atoms with Crippen molar-refractivity contribution in [3.63, 3.8) is 0 Å². The lowest BCUT2D eigenvalue weighted by Crippen LogP contribution is -2.25. The molecule has 1 aliphatic carbocycles. The maximum atomic E-state index is 6.03. The van der Waals surface area contributed by atoms with E-state index in [0.717, 1.165) is 30.1 Å². The lowest BCUT2D eigenvalue weighted by atomic mass is 10.1. The molecule has 3 nitrogen and oxygen atoms in total. The first-order valence-corrected chi connectivity index (χ1v) is 6.90. The zero-order valence-corrected chi connectivity index (χ0v) is 11.4. The van der Waals surface area contributed by atoms with E-state index < -0.39 is 0 Å². The average Bonchev–Trinajstić information content (AvgIpc) is 3.10. The Morgan fingerprint density at radius 3 is 2.74 bits per heavy atom. The molecular formula is C15H17ClN2O. The van der Waals surface area contributed by atoms with Crippen molar-refractivity contribution in [1.29, 1.82) is 0 Å². The normalized spacial score (nSPS) is 15.1. The van der Waals surface area contributed by atoms with Crippen LogP contribution in [0.5, 0.6) is 0 Å². The standard InChI is InChI=1S/C15H17ClN2O/c16-12-4-3-11(15(17)8-12)9-18(13-5-6-13)10-14-2-1-7-19-14/h1-4,7-8,13H,5-6,9-10,17H2. The Kier molecular flexibility index (Phi) is 3.49. The second-order valence-electron chi connectivity index (χ2n) is 5.06. The predicted octanol–water partition coefficient (Wildman–Crippen LogP) is 3.68. The van der Waals surface area contributed by atoms with Gasteiger partial charge in [-0.05, 0) is 42.7 Å². The third-order valence-corrected chi connectivity index (χ3v) is 3.72. The van der Waals surface area contributed by atoms with Crippen LogP contribution in [0.2, 0.25) is 5.02 Å². The second kappa shape index (κ2) is 5.27. The fraction of sp³-hybridized carbons (Fsp3) is 0.333. The predicted molar refractivity (Wildman–Crippen MR) is 76.8 cm³/mol. The third kappa shape index (κ3) is 3.11. The number of anilines is 1. The average molecular weight is 277 g/mol. The molecule has 0 aliphatic heterocycles. The summed E-state index contributed by atoms with van der Waals surface area (Å²) in [6.07, 6.45) is 4.24.